The average molecular weight is 480 g/mol. The Morgan fingerprint density at radius 2 is 1.77 bits per heavy atom. The van der Waals surface area contributed by atoms with Crippen molar-refractivity contribution in [2.75, 3.05) is 7.11 Å². The molecule has 0 aliphatic heterocycles. The third kappa shape index (κ3) is 3.90. The molecule has 5 aromatic heterocycles. The highest BCUT2D eigenvalue weighted by molar-refractivity contribution is 7.13. The van der Waals surface area contributed by atoms with Crippen LogP contribution >= 0.6 is 11.3 Å². The maximum atomic E-state index is 5.39. The number of pyridine rings is 2. The molecule has 0 N–H and O–H groups in total. The molecule has 6 rings (SSSR count). The Hall–Kier alpha value is -4.21. The highest BCUT2D eigenvalue weighted by Gasteiger charge is 2.17. The van der Waals surface area contributed by atoms with Crippen molar-refractivity contribution >= 4 is 22.5 Å². The molecule has 0 atom stereocenters. The zero-order valence-corrected chi connectivity index (χ0v) is 20.0. The summed E-state index contributed by atoms with van der Waals surface area (Å²) in [6, 6.07) is 16.1. The van der Waals surface area contributed by atoms with E-state index in [1.54, 1.807) is 30.8 Å². The molecular weight excluding hydrogens is 458 g/mol. The molecule has 0 fully saturated rings. The summed E-state index contributed by atoms with van der Waals surface area (Å²) in [6.45, 7) is 2.37. The number of hydrogen-bond donors (Lipinski definition) is 0. The van der Waals surface area contributed by atoms with E-state index >= 15 is 0 Å². The van der Waals surface area contributed by atoms with E-state index in [4.69, 9.17) is 14.7 Å². The zero-order valence-electron chi connectivity index (χ0n) is 19.2. The lowest BCUT2D eigenvalue weighted by Gasteiger charge is -2.11. The number of aryl methyl sites for hydroxylation is 1. The highest BCUT2D eigenvalue weighted by atomic mass is 32.1. The lowest BCUT2D eigenvalue weighted by molar-refractivity contribution is 0.177. The van der Waals surface area contributed by atoms with Gasteiger partial charge in [0.2, 0.25) is 0 Å². The smallest absolute Gasteiger partial charge is 0.164 e. The maximum absolute atomic E-state index is 5.39. The summed E-state index contributed by atoms with van der Waals surface area (Å²) in [7, 11) is 1.67. The first-order chi connectivity index (χ1) is 17.2. The Bertz CT molecular complexity index is 1600. The molecule has 0 saturated heterocycles. The first-order valence-electron chi connectivity index (χ1n) is 11.1. The van der Waals surface area contributed by atoms with Crippen LogP contribution in [-0.2, 0) is 11.3 Å². The van der Waals surface area contributed by atoms with Crippen molar-refractivity contribution < 1.29 is 4.74 Å². The number of methoxy groups -OCH3 is 1. The average Bonchev–Trinajstić information content (AvgIpc) is 3.63. The number of benzene rings is 1. The molecule has 0 aliphatic rings. The van der Waals surface area contributed by atoms with Gasteiger partial charge in [-0.2, -0.15) is 0 Å². The van der Waals surface area contributed by atoms with Gasteiger partial charge in [0.15, 0.2) is 5.65 Å². The summed E-state index contributed by atoms with van der Waals surface area (Å²) in [4.78, 5) is 23.1. The largest absolute Gasteiger partial charge is 0.377 e. The van der Waals surface area contributed by atoms with Crippen molar-refractivity contribution in [3.05, 3.63) is 90.2 Å². The molecule has 8 nitrogen and oxygen atoms in total. The van der Waals surface area contributed by atoms with E-state index in [1.807, 2.05) is 53.5 Å². The van der Waals surface area contributed by atoms with E-state index in [9.17, 15) is 0 Å². The monoisotopic (exact) mass is 479 g/mol. The second-order valence-corrected chi connectivity index (χ2v) is 8.90. The summed E-state index contributed by atoms with van der Waals surface area (Å²) < 4.78 is 9.47. The minimum atomic E-state index is 0.389. The first kappa shape index (κ1) is 21.3. The van der Waals surface area contributed by atoms with Gasteiger partial charge in [0.05, 0.1) is 11.9 Å². The Kier molecular flexibility index (Phi) is 5.40. The maximum Gasteiger partial charge on any atom is 0.164 e. The lowest BCUT2D eigenvalue weighted by Crippen LogP contribution is -2.03. The van der Waals surface area contributed by atoms with E-state index < -0.39 is 0 Å². The molecule has 1 aromatic carbocycles. The summed E-state index contributed by atoms with van der Waals surface area (Å²) >= 11 is 1.57. The molecule has 0 bridgehead atoms. The summed E-state index contributed by atoms with van der Waals surface area (Å²) in [5.41, 5.74) is 6.29. The van der Waals surface area contributed by atoms with Crippen LogP contribution in [0.1, 0.15) is 11.5 Å². The van der Waals surface area contributed by atoms with E-state index in [1.165, 1.54) is 0 Å². The number of ether oxygens (including phenoxy) is 1. The van der Waals surface area contributed by atoms with Crippen molar-refractivity contribution in [1.82, 2.24) is 34.1 Å². The van der Waals surface area contributed by atoms with Gasteiger partial charge in [-0.1, -0.05) is 0 Å². The number of nitrogens with zero attached hydrogens (tertiary/aromatic N) is 7. The molecule has 0 aliphatic carbocycles. The van der Waals surface area contributed by atoms with E-state index in [0.29, 0.717) is 6.61 Å². The minimum absolute atomic E-state index is 0.389. The van der Waals surface area contributed by atoms with Crippen molar-refractivity contribution in [3.8, 4) is 33.5 Å². The van der Waals surface area contributed by atoms with Gasteiger partial charge >= 0.3 is 0 Å². The molecule has 0 saturated carbocycles. The van der Waals surface area contributed by atoms with Crippen LogP contribution in [0.3, 0.4) is 0 Å². The predicted octanol–water partition coefficient (Wildman–Crippen LogP) is 5.25. The van der Waals surface area contributed by atoms with Crippen LogP contribution < -0.4 is 0 Å². The Balaban J connectivity index is 1.46. The summed E-state index contributed by atoms with van der Waals surface area (Å²) in [5, 5.41) is 2.83. The van der Waals surface area contributed by atoms with Crippen molar-refractivity contribution in [1.29, 1.82) is 0 Å². The van der Waals surface area contributed by atoms with Gasteiger partial charge in [-0.15, -0.1) is 11.3 Å². The Morgan fingerprint density at radius 1 is 0.914 bits per heavy atom. The lowest BCUT2D eigenvalue weighted by atomic mass is 10.2. The number of hydrogen-bond acceptors (Lipinski definition) is 7. The topological polar surface area (TPSA) is 83.5 Å². The van der Waals surface area contributed by atoms with Gasteiger partial charge in [-0.25, -0.2) is 19.9 Å². The van der Waals surface area contributed by atoms with E-state index in [0.717, 1.165) is 56.1 Å². The number of fused-ring (bicyclic) bond motifs is 1. The number of aromatic nitrogens is 7. The van der Waals surface area contributed by atoms with Crippen molar-refractivity contribution in [2.24, 2.45) is 0 Å². The van der Waals surface area contributed by atoms with Gasteiger partial charge in [0.1, 0.15) is 34.5 Å². The van der Waals surface area contributed by atoms with Gasteiger partial charge < -0.3 is 4.74 Å². The molecule has 9 heteroatoms. The fourth-order valence-electron chi connectivity index (χ4n) is 4.05. The van der Waals surface area contributed by atoms with E-state index in [2.05, 4.69) is 43.8 Å². The first-order valence-corrected chi connectivity index (χ1v) is 11.9. The number of thiazole rings is 1. The highest BCUT2D eigenvalue weighted by Crippen LogP contribution is 2.30. The summed E-state index contributed by atoms with van der Waals surface area (Å²) in [5.74, 6) is 1.62. The van der Waals surface area contributed by atoms with Crippen LogP contribution in [0.15, 0.2) is 78.7 Å². The summed E-state index contributed by atoms with van der Waals surface area (Å²) in [6.07, 6.45) is 7.44. The molecule has 0 amide bonds. The molecule has 0 radical (unpaired) electrons. The zero-order chi connectivity index (χ0) is 23.8. The molecule has 172 valence electrons. The second-order valence-electron chi connectivity index (χ2n) is 8.00. The van der Waals surface area contributed by atoms with Gasteiger partial charge in [0.25, 0.3) is 0 Å². The standard InChI is InChI=1S/C26H21N7OS/c1-17-5-8-20(14-29-17)32-15-22(26-28-12-13-35-26)31-24(32)18-6-9-19(10-7-18)33-23(16-34-2)30-21-4-3-11-27-25(21)33/h3-15H,16H2,1-2H3. The molecule has 35 heavy (non-hydrogen) atoms. The van der Waals surface area contributed by atoms with Gasteiger partial charge in [-0.3, -0.25) is 14.1 Å². The molecule has 0 spiro atoms. The quantitative estimate of drug-likeness (QED) is 0.325. The van der Waals surface area contributed by atoms with Crippen LogP contribution in [0.4, 0.5) is 0 Å². The number of imidazole rings is 2. The van der Waals surface area contributed by atoms with Crippen molar-refractivity contribution in [2.45, 2.75) is 13.5 Å². The third-order valence-corrected chi connectivity index (χ3v) is 6.47. The molecular formula is C26H21N7OS. The normalized spacial score (nSPS) is 11.4. The predicted molar refractivity (Wildman–Crippen MR) is 136 cm³/mol. The Morgan fingerprint density at radius 3 is 2.51 bits per heavy atom. The fraction of sp³-hybridized carbons (Fsp3) is 0.115. The Labute approximate surface area is 205 Å². The van der Waals surface area contributed by atoms with Crippen LogP contribution in [0.2, 0.25) is 0 Å². The van der Waals surface area contributed by atoms with Crippen LogP contribution in [0.5, 0.6) is 0 Å². The number of rotatable bonds is 6. The molecule has 5 heterocycles. The second kappa shape index (κ2) is 8.86. The SMILES string of the molecule is COCc1nc2cccnc2n1-c1ccc(-c2nc(-c3nccs3)cn2-c2ccc(C)nc2)cc1. The fourth-order valence-corrected chi connectivity index (χ4v) is 4.64. The van der Waals surface area contributed by atoms with Gasteiger partial charge in [0, 0.05) is 48.0 Å². The van der Waals surface area contributed by atoms with E-state index in [-0.39, 0.29) is 0 Å². The molecule has 0 unspecified atom stereocenters. The van der Waals surface area contributed by atoms with Crippen LogP contribution in [-0.4, -0.2) is 41.2 Å². The van der Waals surface area contributed by atoms with Gasteiger partial charge in [-0.05, 0) is 55.5 Å². The minimum Gasteiger partial charge on any atom is -0.377 e. The van der Waals surface area contributed by atoms with Crippen LogP contribution in [0, 0.1) is 6.92 Å². The van der Waals surface area contributed by atoms with Crippen LogP contribution in [0.25, 0.3) is 44.6 Å². The molecule has 6 aromatic rings. The van der Waals surface area contributed by atoms with Crippen molar-refractivity contribution in [3.63, 3.8) is 0 Å². The third-order valence-electron chi connectivity index (χ3n) is 5.67.